The van der Waals surface area contributed by atoms with Gasteiger partial charge in [-0.1, -0.05) is 42.1 Å². The van der Waals surface area contributed by atoms with Crippen molar-refractivity contribution >= 4 is 29.0 Å². The molecule has 0 fully saturated rings. The number of ether oxygens (including phenoxy) is 1. The van der Waals surface area contributed by atoms with Crippen molar-refractivity contribution in [1.82, 2.24) is 14.8 Å². The van der Waals surface area contributed by atoms with Gasteiger partial charge in [-0.2, -0.15) is 0 Å². The van der Waals surface area contributed by atoms with Crippen molar-refractivity contribution < 1.29 is 14.5 Å². The number of thioether (sulfide) groups is 1. The van der Waals surface area contributed by atoms with E-state index in [0.29, 0.717) is 23.8 Å². The summed E-state index contributed by atoms with van der Waals surface area (Å²) in [5, 5.41) is 22.8. The van der Waals surface area contributed by atoms with Crippen LogP contribution in [0.2, 0.25) is 0 Å². The van der Waals surface area contributed by atoms with Crippen LogP contribution in [0.4, 0.5) is 11.4 Å². The molecular weight excluding hydrogens is 406 g/mol. The number of aromatic nitrogens is 3. The van der Waals surface area contributed by atoms with Gasteiger partial charge in [0.25, 0.3) is 0 Å². The molecule has 9 nitrogen and oxygen atoms in total. The van der Waals surface area contributed by atoms with Gasteiger partial charge in [0.2, 0.25) is 5.91 Å². The molecule has 3 rings (SSSR count). The van der Waals surface area contributed by atoms with E-state index in [2.05, 4.69) is 15.5 Å². The molecular formula is C20H21N5O4S. The molecule has 0 unspecified atom stereocenters. The highest BCUT2D eigenvalue weighted by molar-refractivity contribution is 7.99. The number of rotatable bonds is 9. The lowest BCUT2D eigenvalue weighted by Gasteiger charge is -2.09. The fraction of sp³-hybridized carbons (Fsp3) is 0.250. The lowest BCUT2D eigenvalue weighted by Crippen LogP contribution is -2.15. The second kappa shape index (κ2) is 9.88. The molecule has 30 heavy (non-hydrogen) atoms. The first kappa shape index (κ1) is 21.3. The number of amides is 1. The fourth-order valence-corrected chi connectivity index (χ4v) is 3.71. The number of benzene rings is 2. The average molecular weight is 427 g/mol. The zero-order valence-corrected chi connectivity index (χ0v) is 17.4. The third-order valence-electron chi connectivity index (χ3n) is 4.31. The third kappa shape index (κ3) is 5.15. The summed E-state index contributed by atoms with van der Waals surface area (Å²) in [5.74, 6) is 0.794. The van der Waals surface area contributed by atoms with Crippen molar-refractivity contribution in [3.63, 3.8) is 0 Å². The van der Waals surface area contributed by atoms with Crippen LogP contribution in [0, 0.1) is 10.1 Å². The molecule has 3 aromatic rings. The summed E-state index contributed by atoms with van der Waals surface area (Å²) in [6.07, 6.45) is 0.664. The van der Waals surface area contributed by atoms with E-state index in [4.69, 9.17) is 4.74 Å². The van der Waals surface area contributed by atoms with Crippen molar-refractivity contribution in [1.29, 1.82) is 0 Å². The Morgan fingerprint density at radius 3 is 2.67 bits per heavy atom. The van der Waals surface area contributed by atoms with Gasteiger partial charge in [-0.3, -0.25) is 14.9 Å². The lowest BCUT2D eigenvalue weighted by molar-refractivity contribution is -0.385. The number of anilines is 1. The van der Waals surface area contributed by atoms with Gasteiger partial charge < -0.3 is 14.6 Å². The summed E-state index contributed by atoms with van der Waals surface area (Å²) in [6.45, 7) is 2.70. The molecule has 0 bridgehead atoms. The molecule has 1 heterocycles. The van der Waals surface area contributed by atoms with Crippen molar-refractivity contribution in [2.75, 3.05) is 18.2 Å². The SMILES string of the molecule is CCn1c(Cc2ccccc2)nnc1SCC(=O)Nc1ccc([N+](=O)[O-])c(OC)c1. The highest BCUT2D eigenvalue weighted by Gasteiger charge is 2.17. The van der Waals surface area contributed by atoms with Crippen molar-refractivity contribution in [3.05, 3.63) is 70.0 Å². The fourth-order valence-electron chi connectivity index (χ4n) is 2.89. The van der Waals surface area contributed by atoms with Crippen LogP contribution < -0.4 is 10.1 Å². The Morgan fingerprint density at radius 1 is 1.23 bits per heavy atom. The quantitative estimate of drug-likeness (QED) is 0.316. The summed E-state index contributed by atoms with van der Waals surface area (Å²) < 4.78 is 7.01. The normalized spacial score (nSPS) is 10.6. The van der Waals surface area contributed by atoms with E-state index in [9.17, 15) is 14.9 Å². The monoisotopic (exact) mass is 427 g/mol. The second-order valence-electron chi connectivity index (χ2n) is 6.29. The maximum absolute atomic E-state index is 12.3. The predicted octanol–water partition coefficient (Wildman–Crippen LogP) is 3.54. The Morgan fingerprint density at radius 2 is 2.00 bits per heavy atom. The van der Waals surface area contributed by atoms with Crippen molar-refractivity contribution in [3.8, 4) is 5.75 Å². The zero-order valence-electron chi connectivity index (χ0n) is 16.6. The number of nitro groups is 1. The van der Waals surface area contributed by atoms with Crippen LogP contribution in [-0.4, -0.2) is 38.5 Å². The topological polar surface area (TPSA) is 112 Å². The first-order chi connectivity index (χ1) is 14.5. The second-order valence-corrected chi connectivity index (χ2v) is 7.23. The molecule has 1 N–H and O–H groups in total. The lowest BCUT2D eigenvalue weighted by atomic mass is 10.1. The van der Waals surface area contributed by atoms with E-state index in [1.807, 2.05) is 41.8 Å². The van der Waals surface area contributed by atoms with Crippen LogP contribution in [0.15, 0.2) is 53.7 Å². The third-order valence-corrected chi connectivity index (χ3v) is 5.27. The summed E-state index contributed by atoms with van der Waals surface area (Å²) >= 11 is 1.29. The molecule has 0 radical (unpaired) electrons. The molecule has 0 aliphatic heterocycles. The van der Waals surface area contributed by atoms with Gasteiger partial charge in [0.05, 0.1) is 17.8 Å². The summed E-state index contributed by atoms with van der Waals surface area (Å²) in [4.78, 5) is 22.8. The van der Waals surface area contributed by atoms with Gasteiger partial charge in [-0.15, -0.1) is 10.2 Å². The maximum Gasteiger partial charge on any atom is 0.311 e. The molecule has 0 spiro atoms. The van der Waals surface area contributed by atoms with Gasteiger partial charge in [0, 0.05) is 30.8 Å². The molecule has 10 heteroatoms. The number of hydrogen-bond acceptors (Lipinski definition) is 7. The molecule has 0 aliphatic carbocycles. The van der Waals surface area contributed by atoms with Gasteiger partial charge >= 0.3 is 5.69 Å². The largest absolute Gasteiger partial charge is 0.490 e. The van der Waals surface area contributed by atoms with E-state index in [1.54, 1.807) is 0 Å². The predicted molar refractivity (Wildman–Crippen MR) is 114 cm³/mol. The first-order valence-electron chi connectivity index (χ1n) is 9.23. The Hall–Kier alpha value is -3.40. The van der Waals surface area contributed by atoms with Crippen LogP contribution in [0.5, 0.6) is 5.75 Å². The maximum atomic E-state index is 12.3. The minimum absolute atomic E-state index is 0.0849. The Kier molecular flexibility index (Phi) is 7.02. The first-order valence-corrected chi connectivity index (χ1v) is 10.2. The van der Waals surface area contributed by atoms with Crippen LogP contribution in [0.1, 0.15) is 18.3 Å². The highest BCUT2D eigenvalue weighted by Crippen LogP contribution is 2.29. The smallest absolute Gasteiger partial charge is 0.311 e. The zero-order chi connectivity index (χ0) is 21.5. The molecule has 0 atom stereocenters. The van der Waals surface area contributed by atoms with E-state index in [1.165, 1.54) is 37.1 Å². The number of hydrogen-bond donors (Lipinski definition) is 1. The Balaban J connectivity index is 1.63. The van der Waals surface area contributed by atoms with E-state index >= 15 is 0 Å². The molecule has 0 aliphatic rings. The summed E-state index contributed by atoms with van der Waals surface area (Å²) in [5.41, 5.74) is 1.40. The number of nitrogens with zero attached hydrogens (tertiary/aromatic N) is 4. The number of carbonyl (C=O) groups excluding carboxylic acids is 1. The van der Waals surface area contributed by atoms with Gasteiger partial charge in [0.15, 0.2) is 10.9 Å². The van der Waals surface area contributed by atoms with Crippen LogP contribution in [0.25, 0.3) is 0 Å². The highest BCUT2D eigenvalue weighted by atomic mass is 32.2. The van der Waals surface area contributed by atoms with Crippen molar-refractivity contribution in [2.24, 2.45) is 0 Å². The standard InChI is InChI=1S/C20H21N5O4S/c1-3-24-18(11-14-7-5-4-6-8-14)22-23-20(24)30-13-19(26)21-15-9-10-16(25(27)28)17(12-15)29-2/h4-10,12H,3,11,13H2,1-2H3,(H,21,26). The van der Waals surface area contributed by atoms with Gasteiger partial charge in [-0.05, 0) is 18.6 Å². The average Bonchev–Trinajstić information content (AvgIpc) is 3.14. The minimum Gasteiger partial charge on any atom is -0.490 e. The molecule has 2 aromatic carbocycles. The molecule has 156 valence electrons. The number of nitrogens with one attached hydrogen (secondary N) is 1. The van der Waals surface area contributed by atoms with Crippen LogP contribution in [-0.2, 0) is 17.8 Å². The number of carbonyl (C=O) groups is 1. The molecule has 1 aromatic heterocycles. The van der Waals surface area contributed by atoms with Gasteiger partial charge in [-0.25, -0.2) is 0 Å². The molecule has 0 saturated heterocycles. The Labute approximate surface area is 177 Å². The number of nitro benzene ring substituents is 1. The number of methoxy groups -OCH3 is 1. The van der Waals surface area contributed by atoms with Crippen molar-refractivity contribution in [2.45, 2.75) is 25.0 Å². The van der Waals surface area contributed by atoms with E-state index in [-0.39, 0.29) is 23.1 Å². The van der Waals surface area contributed by atoms with Crippen LogP contribution >= 0.6 is 11.8 Å². The van der Waals surface area contributed by atoms with E-state index < -0.39 is 4.92 Å². The molecule has 1 amide bonds. The Bertz CT molecular complexity index is 1040. The van der Waals surface area contributed by atoms with Gasteiger partial charge in [0.1, 0.15) is 5.82 Å². The minimum atomic E-state index is -0.537. The summed E-state index contributed by atoms with van der Waals surface area (Å²) in [6, 6.07) is 14.2. The van der Waals surface area contributed by atoms with E-state index in [0.717, 1.165) is 11.4 Å². The molecule has 0 saturated carbocycles. The van der Waals surface area contributed by atoms with Crippen LogP contribution in [0.3, 0.4) is 0 Å². The summed E-state index contributed by atoms with van der Waals surface area (Å²) in [7, 11) is 1.34.